The van der Waals surface area contributed by atoms with E-state index in [4.69, 9.17) is 5.73 Å². The Bertz CT molecular complexity index is 491. The number of phenolic OH excluding ortho intramolecular Hbond substituents is 1. The van der Waals surface area contributed by atoms with Gasteiger partial charge in [-0.2, -0.15) is 0 Å². The number of nitrogens with two attached hydrogens (primary N) is 1. The third-order valence-corrected chi connectivity index (χ3v) is 2.60. The number of rotatable bonds is 3. The molecule has 3 N–H and O–H groups in total. The molecule has 0 aliphatic rings. The van der Waals surface area contributed by atoms with Crippen LogP contribution in [0.1, 0.15) is 17.1 Å². The summed E-state index contributed by atoms with van der Waals surface area (Å²) in [6, 6.07) is 7.21. The average Bonchev–Trinajstić information content (AvgIpc) is 2.60. The van der Waals surface area contributed by atoms with Crippen LogP contribution in [0, 0.1) is 6.92 Å². The lowest BCUT2D eigenvalue weighted by molar-refractivity contribution is 0.474. The number of hydrogen-bond donors (Lipinski definition) is 2. The molecule has 2 rings (SSSR count). The molecule has 0 atom stereocenters. The summed E-state index contributed by atoms with van der Waals surface area (Å²) in [7, 11) is 0. The number of aromatic nitrogens is 2. The quantitative estimate of drug-likeness (QED) is 0.817. The fourth-order valence-electron chi connectivity index (χ4n) is 1.73. The van der Waals surface area contributed by atoms with Crippen molar-refractivity contribution in [3.05, 3.63) is 47.5 Å². The van der Waals surface area contributed by atoms with Gasteiger partial charge in [0.1, 0.15) is 11.6 Å². The highest BCUT2D eigenvalue weighted by molar-refractivity contribution is 5.27. The molecule has 0 radical (unpaired) electrons. The van der Waals surface area contributed by atoms with Crippen molar-refractivity contribution in [2.75, 3.05) is 0 Å². The van der Waals surface area contributed by atoms with Crippen molar-refractivity contribution in [1.29, 1.82) is 0 Å². The van der Waals surface area contributed by atoms with E-state index in [1.165, 1.54) is 0 Å². The van der Waals surface area contributed by atoms with E-state index >= 15 is 0 Å². The Balaban J connectivity index is 2.29. The van der Waals surface area contributed by atoms with Gasteiger partial charge in [-0.3, -0.25) is 0 Å². The molecule has 84 valence electrons. The molecule has 1 aromatic carbocycles. The highest BCUT2D eigenvalue weighted by Gasteiger charge is 2.05. The monoisotopic (exact) mass is 217 g/mol. The molecule has 0 fully saturated rings. The number of imidazole rings is 1. The van der Waals surface area contributed by atoms with Gasteiger partial charge in [0, 0.05) is 19.3 Å². The third-order valence-electron chi connectivity index (χ3n) is 2.60. The molecule has 0 amide bonds. The van der Waals surface area contributed by atoms with Crippen molar-refractivity contribution in [3.8, 4) is 5.75 Å². The molecule has 0 unspecified atom stereocenters. The number of nitrogens with zero attached hydrogens (tertiary/aromatic N) is 2. The van der Waals surface area contributed by atoms with E-state index in [0.717, 1.165) is 17.1 Å². The van der Waals surface area contributed by atoms with Gasteiger partial charge in [-0.1, -0.05) is 12.1 Å². The van der Waals surface area contributed by atoms with Crippen LogP contribution in [-0.4, -0.2) is 14.7 Å². The van der Waals surface area contributed by atoms with Crippen LogP contribution in [0.4, 0.5) is 0 Å². The van der Waals surface area contributed by atoms with Crippen LogP contribution in [0.5, 0.6) is 5.75 Å². The van der Waals surface area contributed by atoms with E-state index < -0.39 is 0 Å². The molecule has 4 nitrogen and oxygen atoms in total. The second-order valence-corrected chi connectivity index (χ2v) is 3.76. The molecule has 1 heterocycles. The molecule has 0 spiro atoms. The molecular weight excluding hydrogens is 202 g/mol. The average molecular weight is 217 g/mol. The Morgan fingerprint density at radius 2 is 2.25 bits per heavy atom. The maximum atomic E-state index is 9.39. The fraction of sp³-hybridized carbons (Fsp3) is 0.250. The minimum absolute atomic E-state index is 0.282. The summed E-state index contributed by atoms with van der Waals surface area (Å²) in [4.78, 5) is 4.23. The SMILES string of the molecule is Cc1ncc(CN)n1Cc1cccc(O)c1. The first-order valence-electron chi connectivity index (χ1n) is 5.19. The molecule has 16 heavy (non-hydrogen) atoms. The Morgan fingerprint density at radius 1 is 1.44 bits per heavy atom. The van der Waals surface area contributed by atoms with Crippen LogP contribution in [0.3, 0.4) is 0 Å². The van der Waals surface area contributed by atoms with E-state index in [9.17, 15) is 5.11 Å². The second kappa shape index (κ2) is 4.37. The summed E-state index contributed by atoms with van der Waals surface area (Å²) in [5.41, 5.74) is 7.68. The van der Waals surface area contributed by atoms with Gasteiger partial charge in [-0.15, -0.1) is 0 Å². The molecule has 4 heteroatoms. The molecule has 1 aromatic heterocycles. The summed E-state index contributed by atoms with van der Waals surface area (Å²) in [6.07, 6.45) is 1.79. The van der Waals surface area contributed by atoms with Crippen molar-refractivity contribution >= 4 is 0 Å². The molecule has 0 saturated carbocycles. The van der Waals surface area contributed by atoms with Crippen LogP contribution >= 0.6 is 0 Å². The van der Waals surface area contributed by atoms with Gasteiger partial charge in [-0.25, -0.2) is 4.98 Å². The highest BCUT2D eigenvalue weighted by atomic mass is 16.3. The van der Waals surface area contributed by atoms with Crippen molar-refractivity contribution in [1.82, 2.24) is 9.55 Å². The Labute approximate surface area is 94.4 Å². The normalized spacial score (nSPS) is 10.6. The molecule has 0 aliphatic carbocycles. The van der Waals surface area contributed by atoms with Gasteiger partial charge in [-0.05, 0) is 24.6 Å². The van der Waals surface area contributed by atoms with Crippen LogP contribution < -0.4 is 5.73 Å². The summed E-state index contributed by atoms with van der Waals surface area (Å²) in [5.74, 6) is 1.22. The van der Waals surface area contributed by atoms with Crippen molar-refractivity contribution < 1.29 is 5.11 Å². The standard InChI is InChI=1S/C12H15N3O/c1-9-14-7-11(6-13)15(9)8-10-3-2-4-12(16)5-10/h2-5,7,16H,6,8,13H2,1H3. The van der Waals surface area contributed by atoms with E-state index in [-0.39, 0.29) is 5.75 Å². The third kappa shape index (κ3) is 2.06. The number of aromatic hydroxyl groups is 1. The second-order valence-electron chi connectivity index (χ2n) is 3.76. The number of phenols is 1. The predicted molar refractivity (Wildman–Crippen MR) is 62.1 cm³/mol. The molecule has 2 aromatic rings. The number of aryl methyl sites for hydroxylation is 1. The summed E-state index contributed by atoms with van der Waals surface area (Å²) in [5, 5.41) is 9.39. The van der Waals surface area contributed by atoms with E-state index in [1.54, 1.807) is 18.3 Å². The van der Waals surface area contributed by atoms with Gasteiger partial charge in [0.2, 0.25) is 0 Å². The molecule has 0 saturated heterocycles. The van der Waals surface area contributed by atoms with Gasteiger partial charge in [0.05, 0.1) is 5.69 Å². The van der Waals surface area contributed by atoms with Gasteiger partial charge in [0.25, 0.3) is 0 Å². The van der Waals surface area contributed by atoms with Crippen molar-refractivity contribution in [3.63, 3.8) is 0 Å². The molecule has 0 bridgehead atoms. The maximum Gasteiger partial charge on any atom is 0.115 e. The smallest absolute Gasteiger partial charge is 0.115 e. The Kier molecular flexibility index (Phi) is 2.92. The predicted octanol–water partition coefficient (Wildman–Crippen LogP) is 1.40. The Morgan fingerprint density at radius 3 is 2.94 bits per heavy atom. The lowest BCUT2D eigenvalue weighted by Gasteiger charge is -2.09. The van der Waals surface area contributed by atoms with Crippen LogP contribution in [0.2, 0.25) is 0 Å². The van der Waals surface area contributed by atoms with Crippen molar-refractivity contribution in [2.24, 2.45) is 5.73 Å². The molecular formula is C12H15N3O. The maximum absolute atomic E-state index is 9.39. The zero-order valence-electron chi connectivity index (χ0n) is 9.22. The Hall–Kier alpha value is -1.81. The number of hydrogen-bond acceptors (Lipinski definition) is 3. The van der Waals surface area contributed by atoms with Crippen molar-refractivity contribution in [2.45, 2.75) is 20.0 Å². The summed E-state index contributed by atoms with van der Waals surface area (Å²) >= 11 is 0. The summed E-state index contributed by atoms with van der Waals surface area (Å²) < 4.78 is 2.05. The van der Waals surface area contributed by atoms with Gasteiger partial charge in [0.15, 0.2) is 0 Å². The molecule has 0 aliphatic heterocycles. The topological polar surface area (TPSA) is 64.1 Å². The summed E-state index contributed by atoms with van der Waals surface area (Å²) in [6.45, 7) is 3.11. The largest absolute Gasteiger partial charge is 0.508 e. The zero-order valence-corrected chi connectivity index (χ0v) is 9.22. The van der Waals surface area contributed by atoms with E-state index in [1.807, 2.05) is 19.1 Å². The van der Waals surface area contributed by atoms with Gasteiger partial charge >= 0.3 is 0 Å². The lowest BCUT2D eigenvalue weighted by Crippen LogP contribution is -2.09. The first-order valence-corrected chi connectivity index (χ1v) is 5.19. The van der Waals surface area contributed by atoms with Gasteiger partial charge < -0.3 is 15.4 Å². The van der Waals surface area contributed by atoms with Crippen LogP contribution in [0.25, 0.3) is 0 Å². The number of benzene rings is 1. The van der Waals surface area contributed by atoms with E-state index in [0.29, 0.717) is 13.1 Å². The zero-order chi connectivity index (χ0) is 11.5. The highest BCUT2D eigenvalue weighted by Crippen LogP contribution is 2.14. The minimum Gasteiger partial charge on any atom is -0.508 e. The minimum atomic E-state index is 0.282. The van der Waals surface area contributed by atoms with E-state index in [2.05, 4.69) is 9.55 Å². The fourth-order valence-corrected chi connectivity index (χ4v) is 1.73. The first-order chi connectivity index (χ1) is 7.70. The van der Waals surface area contributed by atoms with Crippen LogP contribution in [-0.2, 0) is 13.1 Å². The lowest BCUT2D eigenvalue weighted by atomic mass is 10.2. The van der Waals surface area contributed by atoms with Crippen LogP contribution in [0.15, 0.2) is 30.5 Å². The first kappa shape index (κ1) is 10.7.